The lowest BCUT2D eigenvalue weighted by molar-refractivity contribution is -0.139. The zero-order valence-corrected chi connectivity index (χ0v) is 28.0. The fourth-order valence-corrected chi connectivity index (χ4v) is 6.54. The fourth-order valence-electron chi connectivity index (χ4n) is 5.31. The highest BCUT2D eigenvalue weighted by molar-refractivity contribution is 7.99. The molecule has 1 saturated heterocycles. The number of likely N-dealkylation sites (tertiary alicyclic amines) is 1. The Balaban J connectivity index is 0.00000248. The smallest absolute Gasteiger partial charge is 0.326 e. The second-order valence-corrected chi connectivity index (χ2v) is 12.6. The maximum absolute atomic E-state index is 13.4. The number of benzene rings is 3. The summed E-state index contributed by atoms with van der Waals surface area (Å²) in [5, 5.41) is 13.0. The number of ether oxygens (including phenoxy) is 1. The predicted molar refractivity (Wildman–Crippen MR) is 186 cm³/mol. The van der Waals surface area contributed by atoms with Gasteiger partial charge in [-0.2, -0.15) is 36.2 Å². The van der Waals surface area contributed by atoms with Crippen LogP contribution in [0.1, 0.15) is 39.9 Å². The monoisotopic (exact) mass is 640 g/mol. The number of hydrogen-bond donors (Lipinski definition) is 3. The molecule has 232 valence electrons. The van der Waals surface area contributed by atoms with E-state index in [0.29, 0.717) is 42.2 Å². The van der Waals surface area contributed by atoms with E-state index >= 15 is 0 Å². The Hall–Kier alpha value is -2.43. The van der Waals surface area contributed by atoms with Gasteiger partial charge in [0, 0.05) is 29.9 Å². The van der Waals surface area contributed by atoms with Crippen molar-refractivity contribution in [2.24, 2.45) is 0 Å². The van der Waals surface area contributed by atoms with Crippen LogP contribution < -0.4 is 5.32 Å². The first-order valence-electron chi connectivity index (χ1n) is 14.4. The number of carbonyl (C=O) groups is 2. The topological polar surface area (TPSA) is 78.9 Å². The molecule has 0 saturated carbocycles. The second kappa shape index (κ2) is 18.4. The molecule has 3 atom stereocenters. The number of carboxylic acid groups (broad SMARTS) is 1. The number of carbonyl (C=O) groups excluding carboxylic acids is 1. The number of thiol groups is 1. The molecule has 3 aromatic rings. The van der Waals surface area contributed by atoms with E-state index in [9.17, 15) is 14.7 Å². The molecule has 0 aliphatic carbocycles. The van der Waals surface area contributed by atoms with Crippen LogP contribution in [0.25, 0.3) is 11.1 Å². The van der Waals surface area contributed by atoms with E-state index in [2.05, 4.69) is 47.3 Å². The Bertz CT molecular complexity index is 1310. The van der Waals surface area contributed by atoms with Crippen molar-refractivity contribution < 1.29 is 19.4 Å². The van der Waals surface area contributed by atoms with E-state index in [1.54, 1.807) is 18.0 Å². The first-order valence-corrected chi connectivity index (χ1v) is 18.0. The Labute approximate surface area is 270 Å². The minimum atomic E-state index is -1.01. The van der Waals surface area contributed by atoms with Crippen molar-refractivity contribution in [3.63, 3.8) is 0 Å². The summed E-state index contributed by atoms with van der Waals surface area (Å²) in [6, 6.07) is 23.6. The molecule has 1 amide bonds. The number of aryl methyl sites for hydroxylation is 1. The third-order valence-corrected chi connectivity index (χ3v) is 9.26. The van der Waals surface area contributed by atoms with Crippen molar-refractivity contribution in [3.8, 4) is 11.1 Å². The van der Waals surface area contributed by atoms with Crippen molar-refractivity contribution in [1.82, 2.24) is 10.2 Å². The summed E-state index contributed by atoms with van der Waals surface area (Å²) in [5.74, 6) is -0.720. The fraction of sp³-hybridized carbons (Fsp3) is 0.412. The van der Waals surface area contributed by atoms with Gasteiger partial charge in [0.1, 0.15) is 6.04 Å². The lowest BCUT2D eigenvalue weighted by Gasteiger charge is -2.25. The maximum atomic E-state index is 13.4. The van der Waals surface area contributed by atoms with Crippen molar-refractivity contribution in [3.05, 3.63) is 95.1 Å². The molecule has 1 heterocycles. The molecule has 1 fully saturated rings. The van der Waals surface area contributed by atoms with Crippen LogP contribution in [-0.4, -0.2) is 76.9 Å². The van der Waals surface area contributed by atoms with Gasteiger partial charge in [-0.3, -0.25) is 9.69 Å². The molecule has 1 aliphatic rings. The van der Waals surface area contributed by atoms with Crippen LogP contribution in [-0.2, 0) is 22.7 Å². The average Bonchev–Trinajstić information content (AvgIpc) is 3.42. The van der Waals surface area contributed by atoms with Crippen molar-refractivity contribution in [1.29, 1.82) is 0 Å². The van der Waals surface area contributed by atoms with E-state index in [-0.39, 0.29) is 5.91 Å². The van der Waals surface area contributed by atoms with Gasteiger partial charge in [-0.05, 0) is 84.2 Å². The van der Waals surface area contributed by atoms with Crippen LogP contribution in [0.15, 0.2) is 72.8 Å². The summed E-state index contributed by atoms with van der Waals surface area (Å²) in [4.78, 5) is 27.8. The van der Waals surface area contributed by atoms with Gasteiger partial charge in [-0.15, -0.1) is 0 Å². The van der Waals surface area contributed by atoms with Crippen LogP contribution in [0.4, 0.5) is 0 Å². The number of thioether (sulfide) groups is 2. The van der Waals surface area contributed by atoms with Gasteiger partial charge < -0.3 is 15.2 Å². The van der Waals surface area contributed by atoms with E-state index in [4.69, 9.17) is 4.74 Å². The normalized spacial score (nSPS) is 17.1. The average molecular weight is 641 g/mol. The highest BCUT2D eigenvalue weighted by Gasteiger charge is 2.32. The molecule has 3 unspecified atom stereocenters. The van der Waals surface area contributed by atoms with Crippen molar-refractivity contribution >= 4 is 48.0 Å². The molecule has 4 rings (SSSR count). The third-order valence-electron chi connectivity index (χ3n) is 7.61. The van der Waals surface area contributed by atoms with Gasteiger partial charge in [0.15, 0.2) is 0 Å². The highest BCUT2D eigenvalue weighted by Crippen LogP contribution is 2.32. The summed E-state index contributed by atoms with van der Waals surface area (Å²) in [5.41, 5.74) is 5.64. The largest absolute Gasteiger partial charge is 0.480 e. The van der Waals surface area contributed by atoms with E-state index < -0.39 is 12.0 Å². The molecule has 0 spiro atoms. The summed E-state index contributed by atoms with van der Waals surface area (Å²) in [6.45, 7) is 5.04. The standard InChI is InChI=1S/C33H40N2O4S2.CH4S/c1-23-9-7-8-12-28(23)30-17-25(13-14-29(30)32(36)34-31(33(37)38)15-16-40-2)19-35-20-27(41-3)18-26(35)22-39-21-24-10-5-4-6-11-24;1-2/h4-14,17,26-27,31H,15-16,18-22H2,1-3H3,(H,34,36)(H,37,38);2H,1H3. The molecular formula is C34H44N2O4S3. The number of aliphatic carboxylic acids is 1. The van der Waals surface area contributed by atoms with E-state index in [1.165, 1.54) is 5.56 Å². The molecule has 3 aromatic carbocycles. The first kappa shape index (κ1) is 35.1. The van der Waals surface area contributed by atoms with Gasteiger partial charge in [0.05, 0.1) is 13.2 Å². The van der Waals surface area contributed by atoms with Gasteiger partial charge in [0.25, 0.3) is 5.91 Å². The second-order valence-electron chi connectivity index (χ2n) is 10.5. The lowest BCUT2D eigenvalue weighted by Crippen LogP contribution is -2.41. The number of rotatable bonds is 14. The summed E-state index contributed by atoms with van der Waals surface area (Å²) >= 11 is 7.00. The molecular weight excluding hydrogens is 597 g/mol. The molecule has 43 heavy (non-hydrogen) atoms. The number of nitrogens with one attached hydrogen (secondary N) is 1. The summed E-state index contributed by atoms with van der Waals surface area (Å²) in [6.07, 6.45) is 7.24. The Morgan fingerprint density at radius 2 is 1.74 bits per heavy atom. The first-order chi connectivity index (χ1) is 20.9. The molecule has 9 heteroatoms. The van der Waals surface area contributed by atoms with Crippen LogP contribution in [0.2, 0.25) is 0 Å². The number of hydrogen-bond acceptors (Lipinski definition) is 7. The van der Waals surface area contributed by atoms with Crippen LogP contribution in [0.5, 0.6) is 0 Å². The van der Waals surface area contributed by atoms with Crippen molar-refractivity contribution in [2.45, 2.75) is 50.3 Å². The Kier molecular flexibility index (Phi) is 15.0. The summed E-state index contributed by atoms with van der Waals surface area (Å²) in [7, 11) is 0. The number of amides is 1. The predicted octanol–water partition coefficient (Wildman–Crippen LogP) is 6.67. The molecule has 0 bridgehead atoms. The molecule has 0 radical (unpaired) electrons. The lowest BCUT2D eigenvalue weighted by atomic mass is 9.93. The van der Waals surface area contributed by atoms with Gasteiger partial charge in [-0.1, -0.05) is 60.7 Å². The van der Waals surface area contributed by atoms with Gasteiger partial charge in [0.2, 0.25) is 0 Å². The molecule has 0 aromatic heterocycles. The van der Waals surface area contributed by atoms with Crippen LogP contribution in [0.3, 0.4) is 0 Å². The summed E-state index contributed by atoms with van der Waals surface area (Å²) < 4.78 is 6.15. The van der Waals surface area contributed by atoms with Crippen LogP contribution in [0, 0.1) is 6.92 Å². The molecule has 2 N–H and O–H groups in total. The zero-order chi connectivity index (χ0) is 31.2. The highest BCUT2D eigenvalue weighted by atomic mass is 32.2. The van der Waals surface area contributed by atoms with E-state index in [0.717, 1.165) is 41.8 Å². The third kappa shape index (κ3) is 10.3. The molecule has 1 aliphatic heterocycles. The number of nitrogens with zero attached hydrogens (tertiary/aromatic N) is 1. The Morgan fingerprint density at radius 1 is 1.02 bits per heavy atom. The Morgan fingerprint density at radius 3 is 2.42 bits per heavy atom. The SMILES string of the molecule is CS.CSCCC(NC(=O)c1ccc(CN2CC(SC)CC2COCc2ccccc2)cc1-c1ccccc1C)C(=O)O. The minimum Gasteiger partial charge on any atom is -0.480 e. The van der Waals surface area contributed by atoms with Crippen LogP contribution >= 0.6 is 36.2 Å². The van der Waals surface area contributed by atoms with Gasteiger partial charge in [-0.25, -0.2) is 4.79 Å². The van der Waals surface area contributed by atoms with Gasteiger partial charge >= 0.3 is 5.97 Å². The minimum absolute atomic E-state index is 0.314. The molecule has 6 nitrogen and oxygen atoms in total. The van der Waals surface area contributed by atoms with Crippen molar-refractivity contribution in [2.75, 3.05) is 37.7 Å². The van der Waals surface area contributed by atoms with E-state index in [1.807, 2.05) is 79.5 Å². The quantitative estimate of drug-likeness (QED) is 0.170. The maximum Gasteiger partial charge on any atom is 0.326 e. The number of carboxylic acids is 1. The zero-order valence-electron chi connectivity index (χ0n) is 25.5.